The van der Waals surface area contributed by atoms with E-state index in [1.807, 2.05) is 37.3 Å². The van der Waals surface area contributed by atoms with E-state index >= 15 is 0 Å². The Bertz CT molecular complexity index is 619. The van der Waals surface area contributed by atoms with E-state index in [0.717, 1.165) is 62.2 Å². The largest absolute Gasteiger partial charge is 0.497 e. The number of aromatic nitrogens is 1. The van der Waals surface area contributed by atoms with Gasteiger partial charge in [-0.3, -0.25) is 9.80 Å². The molecule has 24 heavy (non-hydrogen) atoms. The fourth-order valence-electron chi connectivity index (χ4n) is 2.85. The van der Waals surface area contributed by atoms with E-state index in [1.54, 1.807) is 7.11 Å². The summed E-state index contributed by atoms with van der Waals surface area (Å²) in [6.07, 6.45) is 0. The van der Waals surface area contributed by atoms with Gasteiger partial charge in [-0.25, -0.2) is 0 Å². The van der Waals surface area contributed by atoms with Crippen molar-refractivity contribution in [3.05, 3.63) is 41.8 Å². The second kappa shape index (κ2) is 8.17. The Labute approximate surface area is 142 Å². The Morgan fingerprint density at radius 3 is 2.33 bits per heavy atom. The first kappa shape index (κ1) is 16.8. The van der Waals surface area contributed by atoms with E-state index < -0.39 is 0 Å². The lowest BCUT2D eigenvalue weighted by molar-refractivity contribution is 0.106. The Kier molecular flexibility index (Phi) is 5.72. The molecule has 0 saturated carbocycles. The molecule has 1 aliphatic rings. The standard InChI is InChI=1S/C18H25N3O3/c1-15-13-18(24-19-15)14-21-9-7-20(8-10-21)11-12-23-17-5-3-16(22-2)4-6-17/h3-6,13H,7-12,14H2,1-2H3. The maximum Gasteiger partial charge on any atom is 0.150 e. The van der Waals surface area contributed by atoms with Crippen LogP contribution in [0.25, 0.3) is 0 Å². The molecule has 0 radical (unpaired) electrons. The van der Waals surface area contributed by atoms with Crippen molar-refractivity contribution in [2.45, 2.75) is 13.5 Å². The predicted octanol–water partition coefficient (Wildman–Crippen LogP) is 2.19. The fraction of sp³-hybridized carbons (Fsp3) is 0.500. The van der Waals surface area contributed by atoms with Crippen molar-refractivity contribution in [2.24, 2.45) is 0 Å². The summed E-state index contributed by atoms with van der Waals surface area (Å²) in [7, 11) is 1.67. The highest BCUT2D eigenvalue weighted by molar-refractivity contribution is 5.31. The normalized spacial score (nSPS) is 16.2. The van der Waals surface area contributed by atoms with Crippen molar-refractivity contribution < 1.29 is 14.0 Å². The van der Waals surface area contributed by atoms with E-state index in [0.29, 0.717) is 6.61 Å². The van der Waals surface area contributed by atoms with Gasteiger partial charge in [0.1, 0.15) is 18.1 Å². The van der Waals surface area contributed by atoms with Crippen LogP contribution in [0.15, 0.2) is 34.9 Å². The second-order valence-electron chi connectivity index (χ2n) is 6.08. The molecule has 2 heterocycles. The second-order valence-corrected chi connectivity index (χ2v) is 6.08. The molecule has 3 rings (SSSR count). The molecule has 0 bridgehead atoms. The van der Waals surface area contributed by atoms with Gasteiger partial charge in [-0.1, -0.05) is 5.16 Å². The fourth-order valence-corrected chi connectivity index (χ4v) is 2.85. The highest BCUT2D eigenvalue weighted by atomic mass is 16.5. The van der Waals surface area contributed by atoms with Crippen molar-refractivity contribution in [2.75, 3.05) is 46.4 Å². The molecular weight excluding hydrogens is 306 g/mol. The van der Waals surface area contributed by atoms with Gasteiger partial charge in [0.15, 0.2) is 5.76 Å². The summed E-state index contributed by atoms with van der Waals surface area (Å²) < 4.78 is 16.2. The molecule has 0 amide bonds. The van der Waals surface area contributed by atoms with Crippen molar-refractivity contribution in [1.82, 2.24) is 15.0 Å². The smallest absolute Gasteiger partial charge is 0.150 e. The van der Waals surface area contributed by atoms with Gasteiger partial charge in [0.25, 0.3) is 0 Å². The monoisotopic (exact) mass is 331 g/mol. The minimum atomic E-state index is 0.702. The molecule has 0 N–H and O–H groups in total. The lowest BCUT2D eigenvalue weighted by Crippen LogP contribution is -2.46. The summed E-state index contributed by atoms with van der Waals surface area (Å²) in [5.41, 5.74) is 0.944. The predicted molar refractivity (Wildman–Crippen MR) is 91.4 cm³/mol. The maximum absolute atomic E-state index is 5.80. The first-order valence-electron chi connectivity index (χ1n) is 8.37. The van der Waals surface area contributed by atoms with Crippen LogP contribution in [0.3, 0.4) is 0 Å². The van der Waals surface area contributed by atoms with Crippen molar-refractivity contribution in [3.63, 3.8) is 0 Å². The number of benzene rings is 1. The SMILES string of the molecule is COc1ccc(OCCN2CCN(Cc3cc(C)no3)CC2)cc1. The number of hydrogen-bond donors (Lipinski definition) is 0. The lowest BCUT2D eigenvalue weighted by Gasteiger charge is -2.33. The lowest BCUT2D eigenvalue weighted by atomic mass is 10.3. The van der Waals surface area contributed by atoms with Gasteiger partial charge in [-0.15, -0.1) is 0 Å². The highest BCUT2D eigenvalue weighted by Gasteiger charge is 2.18. The number of methoxy groups -OCH3 is 1. The maximum atomic E-state index is 5.80. The van der Waals surface area contributed by atoms with Gasteiger partial charge in [-0.2, -0.15) is 0 Å². The van der Waals surface area contributed by atoms with Gasteiger partial charge in [0, 0.05) is 38.8 Å². The average molecular weight is 331 g/mol. The molecule has 1 aromatic carbocycles. The topological polar surface area (TPSA) is 51.0 Å². The van der Waals surface area contributed by atoms with Crippen LogP contribution in [0.2, 0.25) is 0 Å². The van der Waals surface area contributed by atoms with Crippen LogP contribution in [0, 0.1) is 6.92 Å². The number of nitrogens with zero attached hydrogens (tertiary/aromatic N) is 3. The van der Waals surface area contributed by atoms with E-state index in [-0.39, 0.29) is 0 Å². The van der Waals surface area contributed by atoms with Crippen molar-refractivity contribution in [3.8, 4) is 11.5 Å². The van der Waals surface area contributed by atoms with Gasteiger partial charge >= 0.3 is 0 Å². The zero-order chi connectivity index (χ0) is 16.8. The minimum Gasteiger partial charge on any atom is -0.497 e. The summed E-state index contributed by atoms with van der Waals surface area (Å²) >= 11 is 0. The molecule has 1 fully saturated rings. The Hall–Kier alpha value is -2.05. The molecule has 6 heteroatoms. The number of hydrogen-bond acceptors (Lipinski definition) is 6. The van der Waals surface area contributed by atoms with E-state index in [4.69, 9.17) is 14.0 Å². The molecule has 6 nitrogen and oxygen atoms in total. The molecule has 0 spiro atoms. The third-order valence-electron chi connectivity index (χ3n) is 4.26. The quantitative estimate of drug-likeness (QED) is 0.775. The molecule has 0 aliphatic carbocycles. The van der Waals surface area contributed by atoms with Crippen LogP contribution in [0.5, 0.6) is 11.5 Å². The molecule has 1 saturated heterocycles. The van der Waals surface area contributed by atoms with Gasteiger partial charge in [-0.05, 0) is 31.2 Å². The van der Waals surface area contributed by atoms with Gasteiger partial charge < -0.3 is 14.0 Å². The van der Waals surface area contributed by atoms with Crippen LogP contribution in [-0.4, -0.2) is 61.4 Å². The van der Waals surface area contributed by atoms with Crippen molar-refractivity contribution in [1.29, 1.82) is 0 Å². The average Bonchev–Trinajstić information content (AvgIpc) is 3.02. The van der Waals surface area contributed by atoms with Gasteiger partial charge in [0.2, 0.25) is 0 Å². The molecule has 1 aromatic heterocycles. The summed E-state index contributed by atoms with van der Waals surface area (Å²) in [6, 6.07) is 9.72. The van der Waals surface area contributed by atoms with Crippen LogP contribution in [0.1, 0.15) is 11.5 Å². The molecule has 0 atom stereocenters. The molecule has 130 valence electrons. The minimum absolute atomic E-state index is 0.702. The van der Waals surface area contributed by atoms with E-state index in [9.17, 15) is 0 Å². The van der Waals surface area contributed by atoms with Crippen LogP contribution < -0.4 is 9.47 Å². The molecule has 0 unspecified atom stereocenters. The van der Waals surface area contributed by atoms with E-state index in [1.165, 1.54) is 0 Å². The zero-order valence-electron chi connectivity index (χ0n) is 14.4. The summed E-state index contributed by atoms with van der Waals surface area (Å²) in [6.45, 7) is 8.64. The number of piperazine rings is 1. The number of aryl methyl sites for hydroxylation is 1. The zero-order valence-corrected chi connectivity index (χ0v) is 14.4. The first-order chi connectivity index (χ1) is 11.7. The Morgan fingerprint density at radius 1 is 1.04 bits per heavy atom. The van der Waals surface area contributed by atoms with Crippen molar-refractivity contribution >= 4 is 0 Å². The number of ether oxygens (including phenoxy) is 2. The summed E-state index contributed by atoms with van der Waals surface area (Å²) in [4.78, 5) is 4.84. The Morgan fingerprint density at radius 2 is 1.71 bits per heavy atom. The summed E-state index contributed by atoms with van der Waals surface area (Å²) in [5, 5.41) is 3.94. The van der Waals surface area contributed by atoms with Gasteiger partial charge in [0.05, 0.1) is 19.3 Å². The first-order valence-corrected chi connectivity index (χ1v) is 8.37. The van der Waals surface area contributed by atoms with E-state index in [2.05, 4.69) is 15.0 Å². The van der Waals surface area contributed by atoms with Crippen LogP contribution >= 0.6 is 0 Å². The Balaban J connectivity index is 1.34. The third kappa shape index (κ3) is 4.72. The molecule has 2 aromatic rings. The highest BCUT2D eigenvalue weighted by Crippen LogP contribution is 2.17. The summed E-state index contributed by atoms with van der Waals surface area (Å²) in [5.74, 6) is 2.68. The molecular formula is C18H25N3O3. The number of rotatable bonds is 7. The van der Waals surface area contributed by atoms with Crippen LogP contribution in [-0.2, 0) is 6.54 Å². The third-order valence-corrected chi connectivity index (χ3v) is 4.26. The molecule has 1 aliphatic heterocycles. The van der Waals surface area contributed by atoms with Crippen LogP contribution in [0.4, 0.5) is 0 Å².